The summed E-state index contributed by atoms with van der Waals surface area (Å²) >= 11 is 3.41. The highest BCUT2D eigenvalue weighted by Gasteiger charge is 2.05. The lowest BCUT2D eigenvalue weighted by molar-refractivity contribution is 0.101. The van der Waals surface area contributed by atoms with Crippen molar-refractivity contribution in [2.45, 2.75) is 13.5 Å². The van der Waals surface area contributed by atoms with Crippen LogP contribution < -0.4 is 4.74 Å². The molecule has 2 aromatic carbocycles. The Morgan fingerprint density at radius 2 is 1.89 bits per heavy atom. The first-order valence-corrected chi connectivity index (χ1v) is 6.43. The predicted octanol–water partition coefficient (Wildman–Crippen LogP) is 4.23. The van der Waals surface area contributed by atoms with E-state index in [1.165, 1.54) is 0 Å². The van der Waals surface area contributed by atoms with E-state index < -0.39 is 0 Å². The molecule has 0 N–H and O–H groups in total. The van der Waals surface area contributed by atoms with Gasteiger partial charge in [0, 0.05) is 5.56 Å². The number of carbonyl (C=O) groups is 1. The van der Waals surface area contributed by atoms with E-state index in [-0.39, 0.29) is 5.78 Å². The lowest BCUT2D eigenvalue weighted by Gasteiger charge is -2.09. The van der Waals surface area contributed by atoms with Crippen LogP contribution in [0.1, 0.15) is 22.8 Å². The van der Waals surface area contributed by atoms with Crippen LogP contribution >= 0.6 is 15.9 Å². The smallest absolute Gasteiger partial charge is 0.159 e. The van der Waals surface area contributed by atoms with Gasteiger partial charge in [0.1, 0.15) is 12.4 Å². The summed E-state index contributed by atoms with van der Waals surface area (Å²) in [5.74, 6) is 0.786. The topological polar surface area (TPSA) is 26.3 Å². The molecule has 0 spiro atoms. The average molecular weight is 305 g/mol. The molecule has 0 heterocycles. The Labute approximate surface area is 115 Å². The summed E-state index contributed by atoms with van der Waals surface area (Å²) in [6.45, 7) is 2.06. The van der Waals surface area contributed by atoms with Crippen molar-refractivity contribution < 1.29 is 9.53 Å². The van der Waals surface area contributed by atoms with E-state index in [0.29, 0.717) is 12.2 Å². The van der Waals surface area contributed by atoms with Gasteiger partial charge in [-0.25, -0.2) is 0 Å². The van der Waals surface area contributed by atoms with Gasteiger partial charge in [0.25, 0.3) is 0 Å². The van der Waals surface area contributed by atoms with Crippen molar-refractivity contribution in [3.05, 3.63) is 64.1 Å². The first-order valence-electron chi connectivity index (χ1n) is 5.64. The van der Waals surface area contributed by atoms with Crippen LogP contribution in [0.4, 0.5) is 0 Å². The minimum Gasteiger partial charge on any atom is -0.488 e. The van der Waals surface area contributed by atoms with Gasteiger partial charge in [0.2, 0.25) is 0 Å². The summed E-state index contributed by atoms with van der Waals surface area (Å²) < 4.78 is 6.50. The lowest BCUT2D eigenvalue weighted by atomic mass is 10.1. The molecule has 18 heavy (non-hydrogen) atoms. The van der Waals surface area contributed by atoms with Gasteiger partial charge < -0.3 is 4.74 Å². The van der Waals surface area contributed by atoms with Crippen molar-refractivity contribution >= 4 is 21.7 Å². The molecule has 0 aliphatic carbocycles. The Bertz CT molecular complexity index is 550. The number of Topliss-reactive ketones (excluding diaryl/α,β-unsaturated/α-hetero) is 1. The number of ketones is 1. The average Bonchev–Trinajstić information content (AvgIpc) is 2.38. The van der Waals surface area contributed by atoms with Gasteiger partial charge in [0.15, 0.2) is 5.78 Å². The monoisotopic (exact) mass is 304 g/mol. The van der Waals surface area contributed by atoms with Crippen LogP contribution in [0.3, 0.4) is 0 Å². The molecule has 2 aromatic rings. The predicted molar refractivity (Wildman–Crippen MR) is 74.9 cm³/mol. The molecule has 0 bridgehead atoms. The number of rotatable bonds is 4. The summed E-state index contributed by atoms with van der Waals surface area (Å²) in [4.78, 5) is 11.2. The Kier molecular flexibility index (Phi) is 4.15. The Morgan fingerprint density at radius 1 is 1.17 bits per heavy atom. The standard InChI is InChI=1S/C15H13BrO2/c1-11(17)13-7-8-15(14(16)9-13)18-10-12-5-3-2-4-6-12/h2-9H,10H2,1H3. The van der Waals surface area contributed by atoms with Crippen LogP contribution in [0.2, 0.25) is 0 Å². The summed E-state index contributed by atoms with van der Waals surface area (Å²) in [6, 6.07) is 15.3. The highest BCUT2D eigenvalue weighted by atomic mass is 79.9. The fourth-order valence-corrected chi connectivity index (χ4v) is 2.07. The Morgan fingerprint density at radius 3 is 2.50 bits per heavy atom. The van der Waals surface area contributed by atoms with Gasteiger partial charge in [-0.15, -0.1) is 0 Å². The molecule has 2 rings (SSSR count). The minimum absolute atomic E-state index is 0.0466. The van der Waals surface area contributed by atoms with E-state index in [1.54, 1.807) is 19.1 Å². The maximum Gasteiger partial charge on any atom is 0.159 e. The molecule has 3 heteroatoms. The second-order valence-electron chi connectivity index (χ2n) is 3.98. The third-order valence-electron chi connectivity index (χ3n) is 2.58. The maximum atomic E-state index is 11.2. The van der Waals surface area contributed by atoms with Crippen molar-refractivity contribution in [2.75, 3.05) is 0 Å². The van der Waals surface area contributed by atoms with E-state index in [9.17, 15) is 4.79 Å². The highest BCUT2D eigenvalue weighted by Crippen LogP contribution is 2.27. The molecule has 0 amide bonds. The van der Waals surface area contributed by atoms with Gasteiger partial charge in [-0.05, 0) is 46.6 Å². The molecule has 0 saturated carbocycles. The molecule has 0 aliphatic heterocycles. The maximum absolute atomic E-state index is 11.2. The van der Waals surface area contributed by atoms with E-state index >= 15 is 0 Å². The van der Waals surface area contributed by atoms with Crippen LogP contribution in [0.25, 0.3) is 0 Å². The van der Waals surface area contributed by atoms with Crippen molar-refractivity contribution in [1.82, 2.24) is 0 Å². The molecular formula is C15H13BrO2. The van der Waals surface area contributed by atoms with Crippen LogP contribution in [0.5, 0.6) is 5.75 Å². The van der Waals surface area contributed by atoms with Gasteiger partial charge in [-0.3, -0.25) is 4.79 Å². The molecule has 0 radical (unpaired) electrons. The molecule has 0 fully saturated rings. The highest BCUT2D eigenvalue weighted by molar-refractivity contribution is 9.10. The Hall–Kier alpha value is -1.61. The second-order valence-corrected chi connectivity index (χ2v) is 4.83. The molecule has 0 saturated heterocycles. The van der Waals surface area contributed by atoms with Crippen molar-refractivity contribution in [1.29, 1.82) is 0 Å². The number of hydrogen-bond donors (Lipinski definition) is 0. The molecular weight excluding hydrogens is 292 g/mol. The van der Waals surface area contributed by atoms with E-state index in [1.807, 2.05) is 36.4 Å². The minimum atomic E-state index is 0.0466. The molecule has 92 valence electrons. The van der Waals surface area contributed by atoms with Gasteiger partial charge in [0.05, 0.1) is 4.47 Å². The number of hydrogen-bond acceptors (Lipinski definition) is 2. The summed E-state index contributed by atoms with van der Waals surface area (Å²) in [6.07, 6.45) is 0. The third-order valence-corrected chi connectivity index (χ3v) is 3.20. The first-order chi connectivity index (χ1) is 8.66. The van der Waals surface area contributed by atoms with E-state index in [0.717, 1.165) is 15.8 Å². The molecule has 0 aliphatic rings. The number of benzene rings is 2. The zero-order valence-corrected chi connectivity index (χ0v) is 11.6. The normalized spacial score (nSPS) is 10.1. The van der Waals surface area contributed by atoms with Crippen LogP contribution in [0, 0.1) is 0 Å². The summed E-state index contributed by atoms with van der Waals surface area (Å²) in [5, 5.41) is 0. The summed E-state index contributed by atoms with van der Waals surface area (Å²) in [5.41, 5.74) is 1.79. The molecule has 0 unspecified atom stereocenters. The van der Waals surface area contributed by atoms with Crippen LogP contribution in [0.15, 0.2) is 53.0 Å². The van der Waals surface area contributed by atoms with Crippen LogP contribution in [-0.2, 0) is 6.61 Å². The summed E-state index contributed by atoms with van der Waals surface area (Å²) in [7, 11) is 0. The molecule has 0 atom stereocenters. The molecule has 0 aromatic heterocycles. The van der Waals surface area contributed by atoms with Gasteiger partial charge in [-0.2, -0.15) is 0 Å². The largest absolute Gasteiger partial charge is 0.488 e. The Balaban J connectivity index is 2.08. The van der Waals surface area contributed by atoms with Gasteiger partial charge >= 0.3 is 0 Å². The van der Waals surface area contributed by atoms with Gasteiger partial charge in [-0.1, -0.05) is 30.3 Å². The zero-order valence-electron chi connectivity index (χ0n) is 10.0. The SMILES string of the molecule is CC(=O)c1ccc(OCc2ccccc2)c(Br)c1. The zero-order chi connectivity index (χ0) is 13.0. The quantitative estimate of drug-likeness (QED) is 0.790. The van der Waals surface area contributed by atoms with Crippen LogP contribution in [-0.4, -0.2) is 5.78 Å². The number of ether oxygens (including phenoxy) is 1. The fraction of sp³-hybridized carbons (Fsp3) is 0.133. The van der Waals surface area contributed by atoms with Crippen molar-refractivity contribution in [2.24, 2.45) is 0 Å². The first kappa shape index (κ1) is 12.8. The van der Waals surface area contributed by atoms with E-state index in [2.05, 4.69) is 15.9 Å². The number of carbonyl (C=O) groups excluding carboxylic acids is 1. The number of halogens is 1. The third kappa shape index (κ3) is 3.20. The van der Waals surface area contributed by atoms with E-state index in [4.69, 9.17) is 4.74 Å². The fourth-order valence-electron chi connectivity index (χ4n) is 1.57. The van der Waals surface area contributed by atoms with Crippen molar-refractivity contribution in [3.63, 3.8) is 0 Å². The second kappa shape index (κ2) is 5.83. The lowest BCUT2D eigenvalue weighted by Crippen LogP contribution is -1.97. The van der Waals surface area contributed by atoms with Crippen molar-refractivity contribution in [3.8, 4) is 5.75 Å². The molecule has 2 nitrogen and oxygen atoms in total.